The van der Waals surface area contributed by atoms with Crippen molar-refractivity contribution in [2.75, 3.05) is 12.3 Å². The molecule has 0 aliphatic rings. The number of hydrogen-bond acceptors (Lipinski definition) is 5. The Morgan fingerprint density at radius 1 is 0.919 bits per heavy atom. The summed E-state index contributed by atoms with van der Waals surface area (Å²) in [5.41, 5.74) is 2.48. The average molecular weight is 531 g/mol. The molecule has 0 saturated carbocycles. The summed E-state index contributed by atoms with van der Waals surface area (Å²) in [7, 11) is -3.67. The number of benzene rings is 3. The van der Waals surface area contributed by atoms with Gasteiger partial charge in [-0.15, -0.1) is 0 Å². The minimum Gasteiger partial charge on any atom is -0.390 e. The van der Waals surface area contributed by atoms with Crippen molar-refractivity contribution in [1.82, 2.24) is 10.6 Å². The quantitative estimate of drug-likeness (QED) is 0.314. The molecule has 0 aromatic heterocycles. The summed E-state index contributed by atoms with van der Waals surface area (Å²) in [5.74, 6) is -2.53. The number of hydrogen-bond donors (Lipinski definition) is 3. The Hall–Kier alpha value is -3.14. The van der Waals surface area contributed by atoms with Gasteiger partial charge in [-0.25, -0.2) is 17.2 Å². The van der Waals surface area contributed by atoms with Gasteiger partial charge in [0.25, 0.3) is 0 Å². The monoisotopic (exact) mass is 530 g/mol. The molecule has 3 aromatic carbocycles. The zero-order chi connectivity index (χ0) is 26.8. The van der Waals surface area contributed by atoms with E-state index in [1.165, 1.54) is 17.7 Å². The topological polar surface area (TPSA) is 95.5 Å². The van der Waals surface area contributed by atoms with Crippen molar-refractivity contribution in [1.29, 1.82) is 0 Å². The molecule has 0 bridgehead atoms. The highest BCUT2D eigenvalue weighted by atomic mass is 32.2. The maximum absolute atomic E-state index is 13.7. The van der Waals surface area contributed by atoms with Crippen molar-refractivity contribution in [2.24, 2.45) is 0 Å². The maximum atomic E-state index is 13.7. The van der Waals surface area contributed by atoms with Gasteiger partial charge in [0, 0.05) is 25.6 Å². The molecule has 2 atom stereocenters. The van der Waals surface area contributed by atoms with Crippen LogP contribution in [0.1, 0.15) is 30.0 Å². The molecule has 198 valence electrons. The number of rotatable bonds is 13. The third-order valence-electron chi connectivity index (χ3n) is 5.97. The van der Waals surface area contributed by atoms with Crippen molar-refractivity contribution in [2.45, 2.75) is 49.8 Å². The van der Waals surface area contributed by atoms with Crippen LogP contribution < -0.4 is 10.6 Å². The second-order valence-electron chi connectivity index (χ2n) is 8.91. The van der Waals surface area contributed by atoms with E-state index in [1.807, 2.05) is 18.2 Å². The van der Waals surface area contributed by atoms with Crippen molar-refractivity contribution in [3.63, 3.8) is 0 Å². The fourth-order valence-electron chi connectivity index (χ4n) is 3.98. The lowest BCUT2D eigenvalue weighted by molar-refractivity contribution is -0.122. The van der Waals surface area contributed by atoms with Crippen LogP contribution >= 0.6 is 0 Å². The maximum Gasteiger partial charge on any atom is 0.221 e. The smallest absolute Gasteiger partial charge is 0.221 e. The minimum absolute atomic E-state index is 0.0416. The second-order valence-corrected chi connectivity index (χ2v) is 11.0. The number of carbonyl (C=O) groups is 1. The Morgan fingerprint density at radius 2 is 1.59 bits per heavy atom. The van der Waals surface area contributed by atoms with Gasteiger partial charge in [-0.2, -0.15) is 0 Å². The molecule has 0 heterocycles. The van der Waals surface area contributed by atoms with E-state index in [4.69, 9.17) is 0 Å². The number of amides is 1. The van der Waals surface area contributed by atoms with Crippen molar-refractivity contribution in [3.05, 3.63) is 101 Å². The second kappa shape index (κ2) is 13.4. The third kappa shape index (κ3) is 9.03. The van der Waals surface area contributed by atoms with Gasteiger partial charge in [-0.3, -0.25) is 4.79 Å². The number of nitrogens with one attached hydrogen (secondary N) is 2. The first-order valence-corrected chi connectivity index (χ1v) is 13.8. The fraction of sp³-hybridized carbons (Fsp3) is 0.321. The number of aliphatic hydroxyl groups excluding tert-OH is 1. The Balaban J connectivity index is 1.65. The van der Waals surface area contributed by atoms with Crippen LogP contribution in [0, 0.1) is 11.6 Å². The van der Waals surface area contributed by atoms with Crippen LogP contribution in [-0.4, -0.2) is 43.9 Å². The van der Waals surface area contributed by atoms with Crippen LogP contribution in [0.2, 0.25) is 0 Å². The molecule has 6 nitrogen and oxygen atoms in total. The van der Waals surface area contributed by atoms with Gasteiger partial charge in [0.2, 0.25) is 5.91 Å². The fourth-order valence-corrected chi connectivity index (χ4v) is 5.25. The molecule has 3 N–H and O–H groups in total. The lowest BCUT2D eigenvalue weighted by atomic mass is 10.0. The van der Waals surface area contributed by atoms with E-state index in [9.17, 15) is 27.1 Å². The highest BCUT2D eigenvalue weighted by Crippen LogP contribution is 2.14. The normalized spacial score (nSPS) is 13.2. The van der Waals surface area contributed by atoms with Crippen LogP contribution in [0.5, 0.6) is 0 Å². The predicted octanol–water partition coefficient (Wildman–Crippen LogP) is 3.57. The molecule has 0 aliphatic carbocycles. The van der Waals surface area contributed by atoms with Crippen LogP contribution in [0.4, 0.5) is 8.78 Å². The summed E-state index contributed by atoms with van der Waals surface area (Å²) < 4.78 is 52.5. The zero-order valence-electron chi connectivity index (χ0n) is 20.7. The number of aryl methyl sites for hydroxylation is 1. The Morgan fingerprint density at radius 3 is 2.27 bits per heavy atom. The number of carbonyl (C=O) groups excluding carboxylic acids is 1. The van der Waals surface area contributed by atoms with Crippen molar-refractivity contribution < 1.29 is 27.1 Å². The molecule has 0 saturated heterocycles. The van der Waals surface area contributed by atoms with Gasteiger partial charge in [-0.1, -0.05) is 49.4 Å². The van der Waals surface area contributed by atoms with Crippen molar-refractivity contribution in [3.8, 4) is 0 Å². The minimum atomic E-state index is -3.67. The van der Waals surface area contributed by atoms with Gasteiger partial charge in [-0.05, 0) is 53.8 Å². The Kier molecular flexibility index (Phi) is 10.3. The van der Waals surface area contributed by atoms with E-state index < -0.39 is 45.3 Å². The molecule has 3 rings (SSSR count). The van der Waals surface area contributed by atoms with Crippen LogP contribution in [0.3, 0.4) is 0 Å². The van der Waals surface area contributed by atoms with Gasteiger partial charge in [0.05, 0.1) is 22.8 Å². The molecule has 3 aromatic rings. The SMILES string of the molecule is CCc1cccc(CNC[C@@H](O)[C@H](Cc2cc(F)cc(F)c2)NC(=O)CCS(=O)(=O)c2ccccc2)c1. The molecule has 1 amide bonds. The third-order valence-corrected chi connectivity index (χ3v) is 7.70. The molecule has 37 heavy (non-hydrogen) atoms. The summed E-state index contributed by atoms with van der Waals surface area (Å²) in [6.07, 6.45) is -0.570. The van der Waals surface area contributed by atoms with Gasteiger partial charge in [0.1, 0.15) is 11.6 Å². The van der Waals surface area contributed by atoms with E-state index in [-0.39, 0.29) is 29.8 Å². The first-order valence-electron chi connectivity index (χ1n) is 12.1. The zero-order valence-corrected chi connectivity index (χ0v) is 21.5. The highest BCUT2D eigenvalue weighted by Gasteiger charge is 2.24. The van der Waals surface area contributed by atoms with Gasteiger partial charge >= 0.3 is 0 Å². The first kappa shape index (κ1) is 28.4. The molecule has 0 fully saturated rings. The van der Waals surface area contributed by atoms with Crippen molar-refractivity contribution >= 4 is 15.7 Å². The summed E-state index contributed by atoms with van der Waals surface area (Å²) in [5, 5.41) is 16.7. The van der Waals surface area contributed by atoms with Crippen LogP contribution in [-0.2, 0) is 34.0 Å². The molecular formula is C28H32F2N2O4S. The number of halogens is 2. The molecule has 0 aliphatic heterocycles. The summed E-state index contributed by atoms with van der Waals surface area (Å²) in [4.78, 5) is 12.8. The van der Waals surface area contributed by atoms with Gasteiger partial charge < -0.3 is 15.7 Å². The van der Waals surface area contributed by atoms with E-state index in [1.54, 1.807) is 18.2 Å². The van der Waals surface area contributed by atoms with Gasteiger partial charge in [0.15, 0.2) is 9.84 Å². The van der Waals surface area contributed by atoms with E-state index >= 15 is 0 Å². The predicted molar refractivity (Wildman–Crippen MR) is 139 cm³/mol. The summed E-state index contributed by atoms with van der Waals surface area (Å²) in [6.45, 7) is 2.64. The van der Waals surface area contributed by atoms with E-state index in [0.29, 0.717) is 6.54 Å². The standard InChI is InChI=1S/C28H32F2N2O4S/c1-2-20-7-6-8-21(13-20)18-31-19-27(33)26(16-22-14-23(29)17-24(30)15-22)32-28(34)11-12-37(35,36)25-9-4-3-5-10-25/h3-10,13-15,17,26-27,31,33H,2,11-12,16,18-19H2,1H3,(H,32,34)/t26-,27+/m0/s1. The molecular weight excluding hydrogens is 498 g/mol. The average Bonchev–Trinajstić information content (AvgIpc) is 2.87. The summed E-state index contributed by atoms with van der Waals surface area (Å²) >= 11 is 0. The molecule has 0 radical (unpaired) electrons. The van der Waals surface area contributed by atoms with Crippen LogP contribution in [0.15, 0.2) is 77.7 Å². The van der Waals surface area contributed by atoms with Crippen LogP contribution in [0.25, 0.3) is 0 Å². The Bertz CT molecular complexity index is 1270. The first-order chi connectivity index (χ1) is 17.7. The number of sulfone groups is 1. The molecule has 0 unspecified atom stereocenters. The lowest BCUT2D eigenvalue weighted by Gasteiger charge is -2.25. The number of aliphatic hydroxyl groups is 1. The Labute approximate surface area is 216 Å². The molecule has 9 heteroatoms. The summed E-state index contributed by atoms with van der Waals surface area (Å²) in [6, 6.07) is 17.9. The van der Waals surface area contributed by atoms with E-state index in [0.717, 1.165) is 30.2 Å². The molecule has 0 spiro atoms. The lowest BCUT2D eigenvalue weighted by Crippen LogP contribution is -2.49. The van der Waals surface area contributed by atoms with E-state index in [2.05, 4.69) is 23.6 Å². The largest absolute Gasteiger partial charge is 0.390 e. The highest BCUT2D eigenvalue weighted by molar-refractivity contribution is 7.91.